The lowest BCUT2D eigenvalue weighted by Gasteiger charge is -2.13. The number of carbonyl (C=O) groups is 1. The largest absolute Gasteiger partial charge is 0.397 e. The molecule has 112 valence electrons. The summed E-state index contributed by atoms with van der Waals surface area (Å²) >= 11 is 0. The molecule has 0 spiro atoms. The van der Waals surface area contributed by atoms with Gasteiger partial charge in [-0.15, -0.1) is 0 Å². The Morgan fingerprint density at radius 3 is 2.76 bits per heavy atom. The Morgan fingerprint density at radius 2 is 2.19 bits per heavy atom. The maximum atomic E-state index is 11.8. The van der Waals surface area contributed by atoms with Crippen LogP contribution in [0.1, 0.15) is 22.1 Å². The summed E-state index contributed by atoms with van der Waals surface area (Å²) in [6.45, 7) is 2.38. The number of carbonyl (C=O) groups excluding carboxylic acids is 1. The molecule has 0 saturated carbocycles. The van der Waals surface area contributed by atoms with Crippen LogP contribution in [0.5, 0.6) is 0 Å². The molecule has 1 aromatic heterocycles. The van der Waals surface area contributed by atoms with Crippen LogP contribution in [0.3, 0.4) is 0 Å². The molecule has 0 bridgehead atoms. The molecule has 1 aromatic carbocycles. The Labute approximate surface area is 123 Å². The lowest BCUT2D eigenvalue weighted by atomic mass is 10.1. The van der Waals surface area contributed by atoms with Gasteiger partial charge >= 0.3 is 0 Å². The van der Waals surface area contributed by atoms with Gasteiger partial charge in [-0.2, -0.15) is 4.98 Å². The van der Waals surface area contributed by atoms with Crippen molar-refractivity contribution in [1.82, 2.24) is 15.0 Å². The normalized spacial score (nSPS) is 10.4. The summed E-state index contributed by atoms with van der Waals surface area (Å²) in [6, 6.07) is 5.22. The molecule has 7 nitrogen and oxygen atoms in total. The molecule has 1 amide bonds. The van der Waals surface area contributed by atoms with Crippen molar-refractivity contribution in [2.24, 2.45) is 0 Å². The van der Waals surface area contributed by atoms with Crippen LogP contribution in [0.2, 0.25) is 0 Å². The van der Waals surface area contributed by atoms with E-state index in [0.29, 0.717) is 35.9 Å². The Bertz CT molecular complexity index is 636. The molecule has 0 aliphatic heterocycles. The molecule has 0 aliphatic rings. The smallest absolute Gasteiger partial charge is 0.253 e. The summed E-state index contributed by atoms with van der Waals surface area (Å²) in [4.78, 5) is 17.5. The third-order valence-corrected chi connectivity index (χ3v) is 2.94. The molecule has 0 atom stereocenters. The van der Waals surface area contributed by atoms with Crippen molar-refractivity contribution in [2.45, 2.75) is 13.3 Å². The topological polar surface area (TPSA) is 97.3 Å². The quantitative estimate of drug-likeness (QED) is 0.806. The van der Waals surface area contributed by atoms with Crippen molar-refractivity contribution in [3.63, 3.8) is 0 Å². The second kappa shape index (κ2) is 6.25. The number of benzene rings is 1. The number of anilines is 2. The van der Waals surface area contributed by atoms with Gasteiger partial charge in [0.25, 0.3) is 5.91 Å². The molecule has 1 heterocycles. The van der Waals surface area contributed by atoms with E-state index in [1.807, 2.05) is 0 Å². The van der Waals surface area contributed by atoms with Gasteiger partial charge < -0.3 is 20.5 Å². The number of rotatable bonds is 5. The third-order valence-electron chi connectivity index (χ3n) is 2.94. The lowest BCUT2D eigenvalue weighted by Crippen LogP contribution is -2.21. The van der Waals surface area contributed by atoms with E-state index in [4.69, 9.17) is 10.3 Å². The Hall–Kier alpha value is -2.57. The van der Waals surface area contributed by atoms with Crippen molar-refractivity contribution in [3.05, 3.63) is 35.5 Å². The maximum absolute atomic E-state index is 11.8. The second-order valence-electron chi connectivity index (χ2n) is 4.91. The summed E-state index contributed by atoms with van der Waals surface area (Å²) in [6.07, 6.45) is 0.634. The van der Waals surface area contributed by atoms with Crippen molar-refractivity contribution < 1.29 is 9.32 Å². The van der Waals surface area contributed by atoms with Crippen molar-refractivity contribution in [2.75, 3.05) is 31.7 Å². The summed E-state index contributed by atoms with van der Waals surface area (Å²) < 4.78 is 4.90. The van der Waals surface area contributed by atoms with E-state index in [1.165, 1.54) is 4.90 Å². The van der Waals surface area contributed by atoms with Crippen LogP contribution in [0, 0.1) is 6.92 Å². The van der Waals surface area contributed by atoms with E-state index in [0.717, 1.165) is 5.69 Å². The van der Waals surface area contributed by atoms with Crippen LogP contribution in [0.25, 0.3) is 0 Å². The minimum Gasteiger partial charge on any atom is -0.397 e. The van der Waals surface area contributed by atoms with Crippen LogP contribution in [-0.4, -0.2) is 41.6 Å². The highest BCUT2D eigenvalue weighted by molar-refractivity contribution is 5.95. The van der Waals surface area contributed by atoms with Gasteiger partial charge in [0, 0.05) is 39.5 Å². The highest BCUT2D eigenvalue weighted by Crippen LogP contribution is 2.20. The van der Waals surface area contributed by atoms with Gasteiger partial charge in [-0.3, -0.25) is 4.79 Å². The van der Waals surface area contributed by atoms with Gasteiger partial charge in [-0.1, -0.05) is 5.16 Å². The predicted octanol–water partition coefficient (Wildman–Crippen LogP) is 1.32. The van der Waals surface area contributed by atoms with Crippen LogP contribution in [-0.2, 0) is 6.42 Å². The third kappa shape index (κ3) is 3.71. The molecule has 3 N–H and O–H groups in total. The van der Waals surface area contributed by atoms with Gasteiger partial charge in [-0.05, 0) is 18.2 Å². The number of nitrogens with zero attached hydrogens (tertiary/aromatic N) is 3. The van der Waals surface area contributed by atoms with E-state index >= 15 is 0 Å². The first kappa shape index (κ1) is 14.8. The van der Waals surface area contributed by atoms with E-state index < -0.39 is 0 Å². The summed E-state index contributed by atoms with van der Waals surface area (Å²) in [7, 11) is 3.41. The van der Waals surface area contributed by atoms with Gasteiger partial charge in [-0.25, -0.2) is 0 Å². The number of amides is 1. The Morgan fingerprint density at radius 1 is 1.43 bits per heavy atom. The molecule has 0 fully saturated rings. The van der Waals surface area contributed by atoms with Gasteiger partial charge in [0.1, 0.15) is 0 Å². The zero-order chi connectivity index (χ0) is 15.4. The predicted molar refractivity (Wildman–Crippen MR) is 80.1 cm³/mol. The zero-order valence-corrected chi connectivity index (χ0v) is 12.4. The van der Waals surface area contributed by atoms with E-state index in [2.05, 4.69) is 15.5 Å². The Balaban J connectivity index is 1.96. The number of aryl methyl sites for hydroxylation is 1. The number of hydrogen-bond donors (Lipinski definition) is 2. The van der Waals surface area contributed by atoms with E-state index in [-0.39, 0.29) is 5.91 Å². The molecule has 2 aromatic rings. The second-order valence-corrected chi connectivity index (χ2v) is 4.91. The average Bonchev–Trinajstić information content (AvgIpc) is 2.85. The fraction of sp³-hybridized carbons (Fsp3) is 0.357. The SMILES string of the molecule is Cc1nc(CCNc2ccc(C(=O)N(C)C)cc2N)no1. The standard InChI is InChI=1S/C14H19N5O2/c1-9-17-13(18-21-9)6-7-16-12-5-4-10(8-11(12)15)14(20)19(2)3/h4-5,8,16H,6-7,15H2,1-3H3. The van der Waals surface area contributed by atoms with Crippen molar-refractivity contribution >= 4 is 17.3 Å². The highest BCUT2D eigenvalue weighted by atomic mass is 16.5. The number of aromatic nitrogens is 2. The van der Waals surface area contributed by atoms with E-state index in [1.54, 1.807) is 39.2 Å². The first-order valence-corrected chi connectivity index (χ1v) is 6.61. The minimum atomic E-state index is -0.0736. The maximum Gasteiger partial charge on any atom is 0.253 e. The van der Waals surface area contributed by atoms with Crippen molar-refractivity contribution in [1.29, 1.82) is 0 Å². The molecule has 21 heavy (non-hydrogen) atoms. The summed E-state index contributed by atoms with van der Waals surface area (Å²) in [5.74, 6) is 1.13. The number of nitrogens with one attached hydrogen (secondary N) is 1. The molecule has 7 heteroatoms. The fourth-order valence-electron chi connectivity index (χ4n) is 1.87. The number of nitrogen functional groups attached to an aromatic ring is 1. The van der Waals surface area contributed by atoms with Gasteiger partial charge in [0.05, 0.1) is 11.4 Å². The highest BCUT2D eigenvalue weighted by Gasteiger charge is 2.10. The monoisotopic (exact) mass is 289 g/mol. The van der Waals surface area contributed by atoms with Crippen LogP contribution < -0.4 is 11.1 Å². The summed E-state index contributed by atoms with van der Waals surface area (Å²) in [5, 5.41) is 7.01. The molecule has 2 rings (SSSR count). The van der Waals surface area contributed by atoms with E-state index in [9.17, 15) is 4.79 Å². The van der Waals surface area contributed by atoms with Crippen LogP contribution in [0.15, 0.2) is 22.7 Å². The molecule has 0 radical (unpaired) electrons. The number of hydrogen-bond acceptors (Lipinski definition) is 6. The lowest BCUT2D eigenvalue weighted by molar-refractivity contribution is 0.0827. The zero-order valence-electron chi connectivity index (χ0n) is 12.4. The summed E-state index contributed by atoms with van der Waals surface area (Å²) in [5.41, 5.74) is 7.84. The fourth-order valence-corrected chi connectivity index (χ4v) is 1.87. The first-order chi connectivity index (χ1) is 9.97. The van der Waals surface area contributed by atoms with Gasteiger partial charge in [0.2, 0.25) is 5.89 Å². The molecular weight excluding hydrogens is 270 g/mol. The van der Waals surface area contributed by atoms with Crippen molar-refractivity contribution in [3.8, 4) is 0 Å². The number of nitrogens with two attached hydrogens (primary N) is 1. The molecule has 0 unspecified atom stereocenters. The Kier molecular flexibility index (Phi) is 4.42. The molecular formula is C14H19N5O2. The molecule has 0 saturated heterocycles. The van der Waals surface area contributed by atoms with Gasteiger partial charge in [0.15, 0.2) is 5.82 Å². The average molecular weight is 289 g/mol. The first-order valence-electron chi connectivity index (χ1n) is 6.61. The minimum absolute atomic E-state index is 0.0736. The van der Waals surface area contributed by atoms with Crippen LogP contribution >= 0.6 is 0 Å². The van der Waals surface area contributed by atoms with Crippen LogP contribution in [0.4, 0.5) is 11.4 Å². The molecule has 0 aliphatic carbocycles.